The Labute approximate surface area is 126 Å². The molecule has 0 saturated heterocycles. The summed E-state index contributed by atoms with van der Waals surface area (Å²) in [6, 6.07) is 5.50. The smallest absolute Gasteiger partial charge is 0.131 e. The number of hydrogen-bond donors (Lipinski definition) is 2. The SMILES string of the molecule is Cc1ccc(C(=N)N)cc1OCc1c(Br)c(C)nn1C. The standard InChI is InChI=1S/C14H17BrN4O/c1-8-4-5-10(14(16)17)6-12(8)20-7-11-13(15)9(2)18-19(11)3/h4-6H,7H2,1-3H3,(H3,16,17). The third-order valence-electron chi connectivity index (χ3n) is 3.13. The second-order valence-corrected chi connectivity index (χ2v) is 5.45. The van der Waals surface area contributed by atoms with E-state index in [1.54, 1.807) is 10.7 Å². The molecule has 2 aromatic rings. The topological polar surface area (TPSA) is 76.9 Å². The first-order valence-electron chi connectivity index (χ1n) is 6.16. The van der Waals surface area contributed by atoms with E-state index in [0.29, 0.717) is 12.2 Å². The lowest BCUT2D eigenvalue weighted by Gasteiger charge is -2.11. The van der Waals surface area contributed by atoms with Crippen LogP contribution in [0.2, 0.25) is 0 Å². The molecule has 0 amide bonds. The number of rotatable bonds is 4. The molecule has 1 heterocycles. The Bertz CT molecular complexity index is 663. The minimum absolute atomic E-state index is 0.0346. The molecule has 1 aromatic heterocycles. The van der Waals surface area contributed by atoms with Gasteiger partial charge in [0.1, 0.15) is 18.2 Å². The number of nitrogens with one attached hydrogen (secondary N) is 1. The molecule has 0 unspecified atom stereocenters. The summed E-state index contributed by atoms with van der Waals surface area (Å²) in [5.74, 6) is 0.760. The Balaban J connectivity index is 2.22. The van der Waals surface area contributed by atoms with Gasteiger partial charge in [-0.2, -0.15) is 5.10 Å². The molecule has 3 N–H and O–H groups in total. The second-order valence-electron chi connectivity index (χ2n) is 4.65. The fourth-order valence-electron chi connectivity index (χ4n) is 1.91. The fraction of sp³-hybridized carbons (Fsp3) is 0.286. The largest absolute Gasteiger partial charge is 0.487 e. The summed E-state index contributed by atoms with van der Waals surface area (Å²) < 4.78 is 8.60. The van der Waals surface area contributed by atoms with Crippen LogP contribution in [0.15, 0.2) is 22.7 Å². The molecule has 106 valence electrons. The molecule has 2 rings (SSSR count). The van der Waals surface area contributed by atoms with Gasteiger partial charge < -0.3 is 10.5 Å². The monoisotopic (exact) mass is 336 g/mol. The van der Waals surface area contributed by atoms with E-state index in [0.717, 1.165) is 27.2 Å². The maximum absolute atomic E-state index is 7.47. The zero-order valence-electron chi connectivity index (χ0n) is 11.7. The highest BCUT2D eigenvalue weighted by Gasteiger charge is 2.12. The summed E-state index contributed by atoms with van der Waals surface area (Å²) in [7, 11) is 1.88. The zero-order valence-corrected chi connectivity index (χ0v) is 13.3. The van der Waals surface area contributed by atoms with Crippen LogP contribution in [-0.4, -0.2) is 15.6 Å². The van der Waals surface area contributed by atoms with Crippen molar-refractivity contribution in [3.05, 3.63) is 45.2 Å². The first-order valence-corrected chi connectivity index (χ1v) is 6.95. The Morgan fingerprint density at radius 1 is 1.45 bits per heavy atom. The van der Waals surface area contributed by atoms with Gasteiger partial charge in [0, 0.05) is 12.6 Å². The summed E-state index contributed by atoms with van der Waals surface area (Å²) in [5.41, 5.74) is 9.06. The van der Waals surface area contributed by atoms with Crippen LogP contribution >= 0.6 is 15.9 Å². The minimum Gasteiger partial charge on any atom is -0.487 e. The summed E-state index contributed by atoms with van der Waals surface area (Å²) in [5, 5.41) is 11.8. The zero-order chi connectivity index (χ0) is 14.9. The molecule has 0 spiro atoms. The van der Waals surface area contributed by atoms with E-state index in [-0.39, 0.29) is 5.84 Å². The number of amidine groups is 1. The van der Waals surface area contributed by atoms with E-state index in [1.165, 1.54) is 0 Å². The highest BCUT2D eigenvalue weighted by atomic mass is 79.9. The predicted molar refractivity (Wildman–Crippen MR) is 82.2 cm³/mol. The quantitative estimate of drug-likeness (QED) is 0.665. The van der Waals surface area contributed by atoms with Gasteiger partial charge in [-0.1, -0.05) is 12.1 Å². The maximum atomic E-state index is 7.47. The lowest BCUT2D eigenvalue weighted by Crippen LogP contribution is -2.11. The van der Waals surface area contributed by atoms with Crippen LogP contribution in [0.1, 0.15) is 22.5 Å². The molecule has 0 radical (unpaired) electrons. The average Bonchev–Trinajstić information content (AvgIpc) is 2.63. The van der Waals surface area contributed by atoms with E-state index in [1.807, 2.05) is 33.0 Å². The van der Waals surface area contributed by atoms with Crippen molar-refractivity contribution in [3.8, 4) is 5.75 Å². The summed E-state index contributed by atoms with van der Waals surface area (Å²) >= 11 is 3.51. The Kier molecular flexibility index (Phi) is 4.13. The van der Waals surface area contributed by atoms with Gasteiger partial charge in [-0.15, -0.1) is 0 Å². The van der Waals surface area contributed by atoms with Gasteiger partial charge >= 0.3 is 0 Å². The molecule has 0 atom stereocenters. The van der Waals surface area contributed by atoms with Gasteiger partial charge in [0.25, 0.3) is 0 Å². The van der Waals surface area contributed by atoms with Crippen molar-refractivity contribution in [1.82, 2.24) is 9.78 Å². The molecule has 0 aliphatic carbocycles. The van der Waals surface area contributed by atoms with Crippen molar-refractivity contribution in [1.29, 1.82) is 5.41 Å². The van der Waals surface area contributed by atoms with Crippen molar-refractivity contribution in [2.45, 2.75) is 20.5 Å². The van der Waals surface area contributed by atoms with E-state index in [4.69, 9.17) is 15.9 Å². The third kappa shape index (κ3) is 2.85. The van der Waals surface area contributed by atoms with Crippen LogP contribution in [0.3, 0.4) is 0 Å². The number of nitrogens with zero attached hydrogens (tertiary/aromatic N) is 2. The molecule has 6 heteroatoms. The molecular formula is C14H17BrN4O. The van der Waals surface area contributed by atoms with Crippen LogP contribution in [0.4, 0.5) is 0 Å². The van der Waals surface area contributed by atoms with E-state index >= 15 is 0 Å². The van der Waals surface area contributed by atoms with E-state index in [2.05, 4.69) is 21.0 Å². The van der Waals surface area contributed by atoms with Crippen molar-refractivity contribution < 1.29 is 4.74 Å². The second kappa shape index (κ2) is 5.66. The lowest BCUT2D eigenvalue weighted by atomic mass is 10.1. The average molecular weight is 337 g/mol. The van der Waals surface area contributed by atoms with Crippen LogP contribution in [-0.2, 0) is 13.7 Å². The number of hydrogen-bond acceptors (Lipinski definition) is 3. The molecule has 5 nitrogen and oxygen atoms in total. The first-order chi connectivity index (χ1) is 9.40. The summed E-state index contributed by atoms with van der Waals surface area (Å²) in [4.78, 5) is 0. The summed E-state index contributed by atoms with van der Waals surface area (Å²) in [6.45, 7) is 4.30. The highest BCUT2D eigenvalue weighted by Crippen LogP contribution is 2.24. The maximum Gasteiger partial charge on any atom is 0.131 e. The van der Waals surface area contributed by atoms with Crippen LogP contribution in [0.5, 0.6) is 5.75 Å². The number of nitrogen functional groups attached to an aromatic ring is 1. The van der Waals surface area contributed by atoms with Crippen molar-refractivity contribution >= 4 is 21.8 Å². The minimum atomic E-state index is 0.0346. The van der Waals surface area contributed by atoms with E-state index < -0.39 is 0 Å². The fourth-order valence-corrected chi connectivity index (χ4v) is 2.36. The van der Waals surface area contributed by atoms with Crippen molar-refractivity contribution in [2.75, 3.05) is 0 Å². The Hall–Kier alpha value is -1.82. The molecule has 0 fully saturated rings. The number of halogens is 1. The van der Waals surface area contributed by atoms with Crippen LogP contribution < -0.4 is 10.5 Å². The van der Waals surface area contributed by atoms with Gasteiger partial charge in [-0.25, -0.2) is 0 Å². The Morgan fingerprint density at radius 2 is 2.15 bits per heavy atom. The van der Waals surface area contributed by atoms with Crippen LogP contribution in [0, 0.1) is 19.3 Å². The molecule has 20 heavy (non-hydrogen) atoms. The number of ether oxygens (including phenoxy) is 1. The predicted octanol–water partition coefficient (Wildman–Crippen LogP) is 2.66. The van der Waals surface area contributed by atoms with Gasteiger partial charge in [-0.05, 0) is 41.4 Å². The molecular weight excluding hydrogens is 320 g/mol. The molecule has 0 bridgehead atoms. The number of benzene rings is 1. The van der Waals surface area contributed by atoms with E-state index in [9.17, 15) is 0 Å². The Morgan fingerprint density at radius 3 is 2.70 bits per heavy atom. The normalized spacial score (nSPS) is 10.6. The summed E-state index contributed by atoms with van der Waals surface area (Å²) in [6.07, 6.45) is 0. The van der Waals surface area contributed by atoms with Crippen molar-refractivity contribution in [3.63, 3.8) is 0 Å². The first kappa shape index (κ1) is 14.6. The number of nitrogens with two attached hydrogens (primary N) is 1. The third-order valence-corrected chi connectivity index (χ3v) is 4.16. The number of aromatic nitrogens is 2. The van der Waals surface area contributed by atoms with Gasteiger partial charge in [0.15, 0.2) is 0 Å². The van der Waals surface area contributed by atoms with Gasteiger partial charge in [0.05, 0.1) is 15.9 Å². The van der Waals surface area contributed by atoms with Gasteiger partial charge in [0.2, 0.25) is 0 Å². The molecule has 0 aliphatic rings. The van der Waals surface area contributed by atoms with Crippen molar-refractivity contribution in [2.24, 2.45) is 12.8 Å². The lowest BCUT2D eigenvalue weighted by molar-refractivity contribution is 0.292. The molecule has 1 aromatic carbocycles. The van der Waals surface area contributed by atoms with Crippen LogP contribution in [0.25, 0.3) is 0 Å². The number of aryl methyl sites for hydroxylation is 3. The molecule has 0 saturated carbocycles. The highest BCUT2D eigenvalue weighted by molar-refractivity contribution is 9.10. The molecule has 0 aliphatic heterocycles. The van der Waals surface area contributed by atoms with Gasteiger partial charge in [-0.3, -0.25) is 10.1 Å².